The molecule has 2 aromatic heterocycles. The Hall–Kier alpha value is -1.97. The molecule has 2 aromatic rings. The summed E-state index contributed by atoms with van der Waals surface area (Å²) in [6.45, 7) is 11.0. The number of carbonyl (C=O) groups is 1. The number of anilines is 1. The van der Waals surface area contributed by atoms with Crippen LogP contribution < -0.4 is 4.90 Å². The quantitative estimate of drug-likeness (QED) is 0.688. The predicted octanol–water partition coefficient (Wildman–Crippen LogP) is 2.56. The molecular weight excluding hydrogens is 422 g/mol. The highest BCUT2D eigenvalue weighted by atomic mass is 32.1. The first-order valence-electron chi connectivity index (χ1n) is 12.2. The van der Waals surface area contributed by atoms with Gasteiger partial charge in [0.05, 0.1) is 0 Å². The molecule has 0 N–H and O–H groups in total. The first-order valence-corrected chi connectivity index (χ1v) is 13.1. The van der Waals surface area contributed by atoms with E-state index in [1.54, 1.807) is 11.3 Å². The summed E-state index contributed by atoms with van der Waals surface area (Å²) in [4.78, 5) is 22.7. The van der Waals surface area contributed by atoms with Gasteiger partial charge in [-0.05, 0) is 31.5 Å². The van der Waals surface area contributed by atoms with Crippen LogP contribution in [0, 0.1) is 0 Å². The van der Waals surface area contributed by atoms with Crippen molar-refractivity contribution < 1.29 is 4.79 Å². The van der Waals surface area contributed by atoms with Crippen molar-refractivity contribution >= 4 is 22.4 Å². The molecule has 174 valence electrons. The van der Waals surface area contributed by atoms with Crippen LogP contribution in [0.5, 0.6) is 0 Å². The lowest BCUT2D eigenvalue weighted by atomic mass is 9.94. The Morgan fingerprint density at radius 1 is 0.969 bits per heavy atom. The second kappa shape index (κ2) is 9.89. The van der Waals surface area contributed by atoms with Gasteiger partial charge in [-0.25, -0.2) is 0 Å². The van der Waals surface area contributed by atoms with Crippen LogP contribution in [-0.4, -0.2) is 100 Å². The smallest absolute Gasteiger partial charge is 0.270 e. The molecule has 0 radical (unpaired) electrons. The number of hydrogen-bond donors (Lipinski definition) is 0. The van der Waals surface area contributed by atoms with Crippen molar-refractivity contribution in [3.63, 3.8) is 0 Å². The van der Waals surface area contributed by atoms with E-state index in [0.29, 0.717) is 5.69 Å². The van der Waals surface area contributed by atoms with E-state index in [0.717, 1.165) is 75.2 Å². The van der Waals surface area contributed by atoms with E-state index in [1.165, 1.54) is 32.1 Å². The van der Waals surface area contributed by atoms with Crippen molar-refractivity contribution in [3.8, 4) is 5.13 Å². The minimum Gasteiger partial charge on any atom is -0.344 e. The summed E-state index contributed by atoms with van der Waals surface area (Å²) in [5.74, 6) is 0.103. The van der Waals surface area contributed by atoms with Crippen LogP contribution in [0.4, 0.5) is 5.13 Å². The molecule has 2 aliphatic heterocycles. The average molecular weight is 458 g/mol. The van der Waals surface area contributed by atoms with Crippen molar-refractivity contribution in [1.29, 1.82) is 0 Å². The number of carbonyl (C=O) groups excluding carboxylic acids is 1. The van der Waals surface area contributed by atoms with Crippen LogP contribution in [0.3, 0.4) is 0 Å². The van der Waals surface area contributed by atoms with Gasteiger partial charge in [-0.15, -0.1) is 10.2 Å². The Bertz CT molecular complexity index is 890. The fraction of sp³-hybridized carbons (Fsp3) is 0.696. The number of piperazine rings is 2. The monoisotopic (exact) mass is 457 g/mol. The number of aromatic nitrogens is 3. The van der Waals surface area contributed by atoms with Crippen molar-refractivity contribution in [2.45, 2.75) is 45.1 Å². The summed E-state index contributed by atoms with van der Waals surface area (Å²) < 4.78 is 1.92. The van der Waals surface area contributed by atoms with E-state index in [9.17, 15) is 4.79 Å². The highest BCUT2D eigenvalue weighted by Gasteiger charge is 2.29. The van der Waals surface area contributed by atoms with Crippen LogP contribution in [0.15, 0.2) is 18.3 Å². The summed E-state index contributed by atoms with van der Waals surface area (Å²) in [6.07, 6.45) is 8.68. The molecule has 0 unspecified atom stereocenters. The predicted molar refractivity (Wildman–Crippen MR) is 128 cm³/mol. The summed E-state index contributed by atoms with van der Waals surface area (Å²) in [5, 5.41) is 10.6. The highest BCUT2D eigenvalue weighted by molar-refractivity contribution is 7.17. The zero-order chi connectivity index (χ0) is 21.9. The van der Waals surface area contributed by atoms with Gasteiger partial charge in [0, 0.05) is 64.6 Å². The van der Waals surface area contributed by atoms with Crippen LogP contribution in [0.2, 0.25) is 0 Å². The van der Waals surface area contributed by atoms with E-state index in [-0.39, 0.29) is 5.91 Å². The second-order valence-electron chi connectivity index (χ2n) is 9.17. The molecule has 3 aliphatic rings. The van der Waals surface area contributed by atoms with Gasteiger partial charge in [0.25, 0.3) is 5.91 Å². The van der Waals surface area contributed by atoms with Gasteiger partial charge >= 0.3 is 0 Å². The lowest BCUT2D eigenvalue weighted by molar-refractivity contribution is 0.0516. The third-order valence-corrected chi connectivity index (χ3v) is 8.34. The third-order valence-electron chi connectivity index (χ3n) is 7.36. The van der Waals surface area contributed by atoms with Gasteiger partial charge < -0.3 is 14.7 Å². The Kier molecular flexibility index (Phi) is 6.75. The second-order valence-corrected chi connectivity index (χ2v) is 10.1. The molecular formula is C23H35N7OS. The molecule has 0 bridgehead atoms. The summed E-state index contributed by atoms with van der Waals surface area (Å²) in [5.41, 5.74) is 0.689. The highest BCUT2D eigenvalue weighted by Crippen LogP contribution is 2.27. The molecule has 4 heterocycles. The molecule has 3 fully saturated rings. The number of hydrogen-bond acceptors (Lipinski definition) is 7. The Balaban J connectivity index is 1.22. The first-order chi connectivity index (χ1) is 15.7. The number of nitrogens with zero attached hydrogens (tertiary/aromatic N) is 7. The fourth-order valence-corrected chi connectivity index (χ4v) is 6.20. The average Bonchev–Trinajstić information content (AvgIpc) is 3.54. The van der Waals surface area contributed by atoms with Crippen LogP contribution in [-0.2, 0) is 0 Å². The van der Waals surface area contributed by atoms with E-state index in [1.807, 2.05) is 27.8 Å². The summed E-state index contributed by atoms with van der Waals surface area (Å²) in [6, 6.07) is 4.58. The SMILES string of the molecule is CCN1CCN(c2nnc(-n3cccc3C(=O)N3CCN(C4CCCCC4)CC3)s2)CC1. The lowest BCUT2D eigenvalue weighted by Gasteiger charge is -2.40. The summed E-state index contributed by atoms with van der Waals surface area (Å²) >= 11 is 1.57. The van der Waals surface area contributed by atoms with Crippen molar-refractivity contribution in [2.75, 3.05) is 63.8 Å². The van der Waals surface area contributed by atoms with Gasteiger partial charge in [0.1, 0.15) is 5.69 Å². The van der Waals surface area contributed by atoms with Crippen LogP contribution in [0.1, 0.15) is 49.5 Å². The minimum absolute atomic E-state index is 0.103. The molecule has 1 saturated carbocycles. The lowest BCUT2D eigenvalue weighted by Crippen LogP contribution is -2.52. The molecule has 0 atom stereocenters. The minimum atomic E-state index is 0.103. The van der Waals surface area contributed by atoms with Crippen molar-refractivity contribution in [2.24, 2.45) is 0 Å². The maximum atomic E-state index is 13.3. The molecule has 2 saturated heterocycles. The van der Waals surface area contributed by atoms with Gasteiger partial charge in [-0.1, -0.05) is 37.5 Å². The third kappa shape index (κ3) is 4.56. The van der Waals surface area contributed by atoms with Crippen LogP contribution >= 0.6 is 11.3 Å². The topological polar surface area (TPSA) is 60.7 Å². The molecule has 32 heavy (non-hydrogen) atoms. The van der Waals surface area contributed by atoms with Gasteiger partial charge in [0.2, 0.25) is 10.3 Å². The number of rotatable bonds is 5. The maximum Gasteiger partial charge on any atom is 0.270 e. The van der Waals surface area contributed by atoms with Crippen molar-refractivity contribution in [3.05, 3.63) is 24.0 Å². The zero-order valence-electron chi connectivity index (χ0n) is 19.2. The first kappa shape index (κ1) is 21.9. The Morgan fingerprint density at radius 3 is 2.41 bits per heavy atom. The fourth-order valence-electron chi connectivity index (χ4n) is 5.31. The van der Waals surface area contributed by atoms with E-state index in [4.69, 9.17) is 0 Å². The summed E-state index contributed by atoms with van der Waals surface area (Å²) in [7, 11) is 0. The largest absolute Gasteiger partial charge is 0.344 e. The zero-order valence-corrected chi connectivity index (χ0v) is 20.0. The molecule has 1 amide bonds. The van der Waals surface area contributed by atoms with E-state index < -0.39 is 0 Å². The van der Waals surface area contributed by atoms with E-state index >= 15 is 0 Å². The molecule has 8 nitrogen and oxygen atoms in total. The molecule has 9 heteroatoms. The maximum absolute atomic E-state index is 13.3. The van der Waals surface area contributed by atoms with Crippen LogP contribution in [0.25, 0.3) is 5.13 Å². The molecule has 0 spiro atoms. The Morgan fingerprint density at radius 2 is 1.69 bits per heavy atom. The van der Waals surface area contributed by atoms with E-state index in [2.05, 4.69) is 31.8 Å². The van der Waals surface area contributed by atoms with Gasteiger partial charge in [-0.2, -0.15) is 0 Å². The Labute approximate surface area is 194 Å². The molecule has 1 aliphatic carbocycles. The van der Waals surface area contributed by atoms with Gasteiger partial charge in [0.15, 0.2) is 0 Å². The molecule has 0 aromatic carbocycles. The number of likely N-dealkylation sites (N-methyl/N-ethyl adjacent to an activating group) is 1. The molecule has 5 rings (SSSR count). The van der Waals surface area contributed by atoms with Gasteiger partial charge in [-0.3, -0.25) is 14.3 Å². The normalized spacial score (nSPS) is 21.9. The standard InChI is InChI=1S/C23H35N7OS/c1-2-26-11-13-29(14-12-26)22-24-25-23(32-22)30-10-6-9-20(30)21(31)28-17-15-27(16-18-28)19-7-4-3-5-8-19/h6,9-10,19H,2-5,7-8,11-18H2,1H3. The number of amides is 1. The van der Waals surface area contributed by atoms with Crippen molar-refractivity contribution in [1.82, 2.24) is 29.5 Å².